The summed E-state index contributed by atoms with van der Waals surface area (Å²) in [6, 6.07) is 5.38. The summed E-state index contributed by atoms with van der Waals surface area (Å²) in [4.78, 5) is 0. The number of hydrogen-bond donors (Lipinski definition) is 0. The highest BCUT2D eigenvalue weighted by Gasteiger charge is 2.42. The van der Waals surface area contributed by atoms with E-state index in [1.54, 1.807) is 13.0 Å². The summed E-state index contributed by atoms with van der Waals surface area (Å²) in [5, 5.41) is 0.467. The first-order chi connectivity index (χ1) is 7.52. The molecule has 1 unspecified atom stereocenters. The summed E-state index contributed by atoms with van der Waals surface area (Å²) >= 11 is 5.93. The van der Waals surface area contributed by atoms with Crippen molar-refractivity contribution in [2.24, 2.45) is 0 Å². The lowest BCUT2D eigenvalue weighted by Gasteiger charge is -2.31. The second-order valence-corrected chi connectivity index (χ2v) is 4.20. The maximum absolute atomic E-state index is 13.4. The van der Waals surface area contributed by atoms with Gasteiger partial charge in [-0.3, -0.25) is 0 Å². The normalized spacial score (nSPS) is 21.8. The highest BCUT2D eigenvalue weighted by atomic mass is 35.5. The predicted molar refractivity (Wildman–Crippen MR) is 64.5 cm³/mol. The second kappa shape index (κ2) is 5.13. The minimum atomic E-state index is -2.61. The van der Waals surface area contributed by atoms with Gasteiger partial charge in [0.2, 0.25) is 0 Å². The summed E-state index contributed by atoms with van der Waals surface area (Å²) in [5.74, 6) is -3.38. The molecule has 0 nitrogen and oxygen atoms in total. The van der Waals surface area contributed by atoms with Crippen LogP contribution in [-0.2, 0) is 6.42 Å². The van der Waals surface area contributed by atoms with Crippen LogP contribution in [-0.4, -0.2) is 5.92 Å². The Bertz CT molecular complexity index is 361. The van der Waals surface area contributed by atoms with E-state index in [1.165, 1.54) is 0 Å². The van der Waals surface area contributed by atoms with Crippen LogP contribution in [0.4, 0.5) is 8.78 Å². The molecular formula is C13H17ClF2. The largest absolute Gasteiger partial charge is 0.255 e. The molecule has 90 valence electrons. The van der Waals surface area contributed by atoms with Crippen molar-refractivity contribution < 1.29 is 8.78 Å². The van der Waals surface area contributed by atoms with E-state index in [1.807, 2.05) is 26.0 Å². The Morgan fingerprint density at radius 2 is 1.94 bits per heavy atom. The number of hydrogen-bond acceptors (Lipinski definition) is 0. The second-order valence-electron chi connectivity index (χ2n) is 3.80. The molecular weight excluding hydrogens is 230 g/mol. The lowest BCUT2D eigenvalue weighted by molar-refractivity contribution is -0.0360. The Morgan fingerprint density at radius 1 is 1.31 bits per heavy atom. The molecule has 0 radical (unpaired) electrons. The molecule has 0 aliphatic heterocycles. The molecule has 1 atom stereocenters. The molecule has 0 amide bonds. The lowest BCUT2D eigenvalue weighted by Crippen LogP contribution is -2.30. The van der Waals surface area contributed by atoms with Crippen molar-refractivity contribution in [3.05, 3.63) is 34.3 Å². The van der Waals surface area contributed by atoms with E-state index in [0.717, 1.165) is 5.56 Å². The van der Waals surface area contributed by atoms with Crippen LogP contribution >= 0.6 is 11.6 Å². The molecule has 0 saturated heterocycles. The van der Waals surface area contributed by atoms with Crippen LogP contribution in [0.2, 0.25) is 5.02 Å². The van der Waals surface area contributed by atoms with Crippen LogP contribution in [0.3, 0.4) is 0 Å². The van der Waals surface area contributed by atoms with Gasteiger partial charge < -0.3 is 0 Å². The summed E-state index contributed by atoms with van der Waals surface area (Å²) < 4.78 is 26.8. The highest BCUT2D eigenvalue weighted by molar-refractivity contribution is 6.31. The van der Waals surface area contributed by atoms with Gasteiger partial charge >= 0.3 is 0 Å². The monoisotopic (exact) mass is 246 g/mol. The average Bonchev–Trinajstić information content (AvgIpc) is 2.27. The molecule has 1 aromatic rings. The quantitative estimate of drug-likeness (QED) is 0.601. The molecule has 0 spiro atoms. The van der Waals surface area contributed by atoms with Crippen LogP contribution < -0.4 is 0 Å². The van der Waals surface area contributed by atoms with Gasteiger partial charge in [-0.05, 0) is 23.6 Å². The van der Waals surface area contributed by atoms with Gasteiger partial charge in [0.25, 0.3) is 5.92 Å². The topological polar surface area (TPSA) is 0 Å². The van der Waals surface area contributed by atoms with E-state index < -0.39 is 11.8 Å². The number of aryl methyl sites for hydroxylation is 1. The van der Waals surface area contributed by atoms with Crippen molar-refractivity contribution >= 4 is 11.6 Å². The summed E-state index contributed by atoms with van der Waals surface area (Å²) in [6.07, 6.45) is 0.356. The third-order valence-corrected chi connectivity index (χ3v) is 3.27. The number of rotatable bonds is 0. The van der Waals surface area contributed by atoms with E-state index in [-0.39, 0.29) is 6.42 Å². The van der Waals surface area contributed by atoms with Crippen molar-refractivity contribution in [1.29, 1.82) is 0 Å². The first-order valence-corrected chi connectivity index (χ1v) is 6.05. The molecule has 1 aliphatic rings. The minimum absolute atomic E-state index is 0.0679. The van der Waals surface area contributed by atoms with Crippen LogP contribution in [0.1, 0.15) is 44.2 Å². The summed E-state index contributed by atoms with van der Waals surface area (Å²) in [6.45, 7) is 5.55. The van der Waals surface area contributed by atoms with Crippen LogP contribution in [0, 0.1) is 0 Å². The first kappa shape index (κ1) is 13.4. The van der Waals surface area contributed by atoms with E-state index >= 15 is 0 Å². The molecule has 2 rings (SSSR count). The number of fused-ring (bicyclic) bond motifs is 1. The van der Waals surface area contributed by atoms with E-state index in [2.05, 4.69) is 0 Å². The summed E-state index contributed by atoms with van der Waals surface area (Å²) in [7, 11) is 0. The van der Waals surface area contributed by atoms with Gasteiger partial charge in [0.05, 0.1) is 0 Å². The standard InChI is InChI=1S/C11H11ClF2.C2H6/c1-7-10-8(3-2-4-9(10)12)5-6-11(7,13)14;1-2/h2-4,7H,5-6H2,1H3;1-2H3. The number of halogens is 3. The predicted octanol–water partition coefficient (Wildman–Crippen LogP) is 5.05. The van der Waals surface area contributed by atoms with Gasteiger partial charge in [-0.25, -0.2) is 8.78 Å². The smallest absolute Gasteiger partial charge is 0.206 e. The van der Waals surface area contributed by atoms with Crippen LogP contribution in [0.25, 0.3) is 0 Å². The maximum atomic E-state index is 13.4. The Hall–Kier alpha value is -0.630. The molecule has 0 fully saturated rings. The van der Waals surface area contributed by atoms with Gasteiger partial charge in [-0.2, -0.15) is 0 Å². The van der Waals surface area contributed by atoms with Gasteiger partial charge in [0, 0.05) is 17.4 Å². The third kappa shape index (κ3) is 2.37. The molecule has 1 aromatic carbocycles. The van der Waals surface area contributed by atoms with E-state index in [0.29, 0.717) is 17.0 Å². The molecule has 0 N–H and O–H groups in total. The third-order valence-electron chi connectivity index (χ3n) is 2.94. The fraction of sp³-hybridized carbons (Fsp3) is 0.538. The molecule has 0 saturated carbocycles. The molecule has 16 heavy (non-hydrogen) atoms. The van der Waals surface area contributed by atoms with Gasteiger partial charge in [-0.1, -0.05) is 44.5 Å². The molecule has 3 heteroatoms. The fourth-order valence-corrected chi connectivity index (χ4v) is 2.37. The summed E-state index contributed by atoms with van der Waals surface area (Å²) in [5.41, 5.74) is 1.60. The van der Waals surface area contributed by atoms with Crippen molar-refractivity contribution in [3.63, 3.8) is 0 Å². The Labute approximate surface area is 101 Å². The van der Waals surface area contributed by atoms with Crippen molar-refractivity contribution in [2.45, 2.75) is 45.5 Å². The van der Waals surface area contributed by atoms with Gasteiger partial charge in [0.15, 0.2) is 0 Å². The Balaban J connectivity index is 0.000000606. The van der Waals surface area contributed by atoms with Crippen LogP contribution in [0.15, 0.2) is 18.2 Å². The molecule has 0 bridgehead atoms. The Kier molecular flexibility index (Phi) is 4.31. The van der Waals surface area contributed by atoms with Crippen LogP contribution in [0.5, 0.6) is 0 Å². The van der Waals surface area contributed by atoms with E-state index in [9.17, 15) is 8.78 Å². The number of benzene rings is 1. The zero-order valence-electron chi connectivity index (χ0n) is 9.86. The van der Waals surface area contributed by atoms with Gasteiger partial charge in [0.1, 0.15) is 0 Å². The minimum Gasteiger partial charge on any atom is -0.206 e. The van der Waals surface area contributed by atoms with E-state index in [4.69, 9.17) is 11.6 Å². The molecule has 0 heterocycles. The SMILES string of the molecule is CC.CC1c2c(Cl)cccc2CCC1(F)F. The highest BCUT2D eigenvalue weighted by Crippen LogP contribution is 2.45. The molecule has 0 aromatic heterocycles. The van der Waals surface area contributed by atoms with Crippen molar-refractivity contribution in [1.82, 2.24) is 0 Å². The molecule has 1 aliphatic carbocycles. The zero-order valence-corrected chi connectivity index (χ0v) is 10.6. The van der Waals surface area contributed by atoms with Gasteiger partial charge in [-0.15, -0.1) is 0 Å². The number of alkyl halides is 2. The van der Waals surface area contributed by atoms with Crippen molar-refractivity contribution in [3.8, 4) is 0 Å². The lowest BCUT2D eigenvalue weighted by atomic mass is 9.81. The fourth-order valence-electron chi connectivity index (χ4n) is 2.01. The first-order valence-electron chi connectivity index (χ1n) is 5.67. The van der Waals surface area contributed by atoms with Crippen molar-refractivity contribution in [2.75, 3.05) is 0 Å². The maximum Gasteiger partial charge on any atom is 0.255 e. The zero-order chi connectivity index (χ0) is 12.3. The Morgan fingerprint density at radius 3 is 2.56 bits per heavy atom. The average molecular weight is 247 g/mol.